The molecular formula is C19H16BrCl2N3O3. The molecule has 0 saturated heterocycles. The standard InChI is InChI=1S/C19H16BrCl2N3O3/c1-24-9-12(7-14(22)18(24)26)23-16(10-3-5-11(21)6-4-10)17-13(19(27)28)8-15(20)25(17)2/h3-9,16,23H,1-2H3,(H,27,28). The summed E-state index contributed by atoms with van der Waals surface area (Å²) in [4.78, 5) is 23.7. The molecule has 0 aliphatic carbocycles. The number of carboxylic acids is 1. The van der Waals surface area contributed by atoms with Gasteiger partial charge < -0.3 is 19.6 Å². The highest BCUT2D eigenvalue weighted by atomic mass is 79.9. The zero-order valence-corrected chi connectivity index (χ0v) is 18.0. The van der Waals surface area contributed by atoms with Crippen molar-refractivity contribution in [1.29, 1.82) is 0 Å². The van der Waals surface area contributed by atoms with E-state index in [4.69, 9.17) is 23.2 Å². The zero-order valence-electron chi connectivity index (χ0n) is 14.9. The zero-order chi connectivity index (χ0) is 20.6. The first kappa shape index (κ1) is 20.5. The third-order valence-electron chi connectivity index (χ3n) is 4.38. The van der Waals surface area contributed by atoms with Crippen molar-refractivity contribution in [3.63, 3.8) is 0 Å². The number of hydrogen-bond acceptors (Lipinski definition) is 3. The molecule has 0 spiro atoms. The summed E-state index contributed by atoms with van der Waals surface area (Å²) in [5.74, 6) is -1.05. The maximum atomic E-state index is 11.9. The van der Waals surface area contributed by atoms with Crippen molar-refractivity contribution in [1.82, 2.24) is 9.13 Å². The van der Waals surface area contributed by atoms with Crippen molar-refractivity contribution < 1.29 is 9.90 Å². The third-order valence-corrected chi connectivity index (χ3v) is 5.66. The highest BCUT2D eigenvalue weighted by molar-refractivity contribution is 9.10. The molecule has 0 aliphatic heterocycles. The minimum Gasteiger partial charge on any atom is -0.478 e. The smallest absolute Gasteiger partial charge is 0.337 e. The quantitative estimate of drug-likeness (QED) is 0.550. The Kier molecular flexibility index (Phi) is 5.88. The number of aromatic carboxylic acids is 1. The van der Waals surface area contributed by atoms with Crippen LogP contribution < -0.4 is 10.9 Å². The van der Waals surface area contributed by atoms with Gasteiger partial charge in [0.05, 0.1) is 27.6 Å². The van der Waals surface area contributed by atoms with Crippen LogP contribution in [0.2, 0.25) is 10.0 Å². The average molecular weight is 485 g/mol. The van der Waals surface area contributed by atoms with E-state index in [0.717, 1.165) is 5.56 Å². The Morgan fingerprint density at radius 1 is 1.18 bits per heavy atom. The molecule has 6 nitrogen and oxygen atoms in total. The molecule has 3 rings (SSSR count). The van der Waals surface area contributed by atoms with Gasteiger partial charge in [-0.3, -0.25) is 4.79 Å². The van der Waals surface area contributed by atoms with Crippen molar-refractivity contribution in [2.45, 2.75) is 6.04 Å². The molecular weight excluding hydrogens is 469 g/mol. The van der Waals surface area contributed by atoms with Crippen LogP contribution in [-0.4, -0.2) is 20.2 Å². The molecule has 0 amide bonds. The SMILES string of the molecule is Cn1c(Br)cc(C(=O)O)c1C(Nc1cc(Cl)c(=O)n(C)c1)c1ccc(Cl)cc1. The monoisotopic (exact) mass is 483 g/mol. The first-order valence-electron chi connectivity index (χ1n) is 8.15. The number of carbonyl (C=O) groups is 1. The summed E-state index contributed by atoms with van der Waals surface area (Å²) in [7, 11) is 3.36. The van der Waals surface area contributed by atoms with Crippen molar-refractivity contribution in [2.75, 3.05) is 5.32 Å². The van der Waals surface area contributed by atoms with Gasteiger partial charge >= 0.3 is 5.97 Å². The number of hydrogen-bond donors (Lipinski definition) is 2. The molecule has 2 aromatic heterocycles. The van der Waals surface area contributed by atoms with Gasteiger partial charge in [0.15, 0.2) is 0 Å². The highest BCUT2D eigenvalue weighted by Gasteiger charge is 2.26. The number of anilines is 1. The summed E-state index contributed by atoms with van der Waals surface area (Å²) >= 11 is 15.4. The molecule has 1 aromatic carbocycles. The molecule has 146 valence electrons. The van der Waals surface area contributed by atoms with Crippen LogP contribution in [0.1, 0.15) is 27.7 Å². The van der Waals surface area contributed by atoms with E-state index in [0.29, 0.717) is 21.0 Å². The first-order valence-corrected chi connectivity index (χ1v) is 9.70. The fourth-order valence-corrected chi connectivity index (χ4v) is 3.78. The van der Waals surface area contributed by atoms with Crippen molar-refractivity contribution in [3.8, 4) is 0 Å². The van der Waals surface area contributed by atoms with Gasteiger partial charge in [0.25, 0.3) is 5.56 Å². The summed E-state index contributed by atoms with van der Waals surface area (Å²) < 4.78 is 3.74. The van der Waals surface area contributed by atoms with Gasteiger partial charge in [-0.05, 0) is 45.8 Å². The predicted molar refractivity (Wildman–Crippen MR) is 114 cm³/mol. The lowest BCUT2D eigenvalue weighted by Crippen LogP contribution is -2.21. The number of nitrogens with one attached hydrogen (secondary N) is 1. The fraction of sp³-hybridized carbons (Fsp3) is 0.158. The summed E-state index contributed by atoms with van der Waals surface area (Å²) in [6.07, 6.45) is 1.61. The minimum atomic E-state index is -1.05. The lowest BCUT2D eigenvalue weighted by Gasteiger charge is -2.23. The van der Waals surface area contributed by atoms with Gasteiger partial charge in [0, 0.05) is 25.3 Å². The Labute approximate surface area is 179 Å². The Morgan fingerprint density at radius 3 is 2.39 bits per heavy atom. The number of halogens is 3. The van der Waals surface area contributed by atoms with Crippen LogP contribution in [0.5, 0.6) is 0 Å². The van der Waals surface area contributed by atoms with Gasteiger partial charge in [-0.2, -0.15) is 0 Å². The summed E-state index contributed by atoms with van der Waals surface area (Å²) in [5.41, 5.74) is 1.73. The predicted octanol–water partition coefficient (Wildman–Crippen LogP) is 4.69. The summed E-state index contributed by atoms with van der Waals surface area (Å²) in [6.45, 7) is 0. The van der Waals surface area contributed by atoms with Crippen LogP contribution in [0, 0.1) is 0 Å². The van der Waals surface area contributed by atoms with Crippen molar-refractivity contribution in [2.24, 2.45) is 14.1 Å². The second kappa shape index (κ2) is 8.03. The van der Waals surface area contributed by atoms with E-state index in [1.54, 1.807) is 43.1 Å². The number of aromatic nitrogens is 2. The van der Waals surface area contributed by atoms with Gasteiger partial charge in [0.1, 0.15) is 5.02 Å². The molecule has 9 heteroatoms. The molecule has 1 atom stereocenters. The first-order chi connectivity index (χ1) is 13.2. The van der Waals surface area contributed by atoms with Crippen LogP contribution in [0.15, 0.2) is 52.0 Å². The minimum absolute atomic E-state index is 0.0638. The van der Waals surface area contributed by atoms with E-state index in [-0.39, 0.29) is 16.1 Å². The fourth-order valence-electron chi connectivity index (χ4n) is 2.99. The highest BCUT2D eigenvalue weighted by Crippen LogP contribution is 2.33. The van der Waals surface area contributed by atoms with E-state index < -0.39 is 12.0 Å². The Hall–Kier alpha value is -2.22. The number of pyridine rings is 1. The topological polar surface area (TPSA) is 76.3 Å². The number of aryl methyl sites for hydroxylation is 1. The molecule has 28 heavy (non-hydrogen) atoms. The largest absolute Gasteiger partial charge is 0.478 e. The lowest BCUT2D eigenvalue weighted by molar-refractivity contribution is 0.0695. The van der Waals surface area contributed by atoms with E-state index in [2.05, 4.69) is 21.2 Å². The van der Waals surface area contributed by atoms with E-state index in [1.165, 1.54) is 10.6 Å². The lowest BCUT2D eigenvalue weighted by atomic mass is 10.00. The van der Waals surface area contributed by atoms with E-state index >= 15 is 0 Å². The van der Waals surface area contributed by atoms with Gasteiger partial charge in [-0.25, -0.2) is 4.79 Å². The number of benzene rings is 1. The molecule has 0 fully saturated rings. The Balaban J connectivity index is 2.18. The molecule has 0 saturated carbocycles. The maximum absolute atomic E-state index is 11.9. The molecule has 0 bridgehead atoms. The van der Waals surface area contributed by atoms with Crippen LogP contribution in [-0.2, 0) is 14.1 Å². The molecule has 0 radical (unpaired) electrons. The number of carboxylic acid groups (broad SMARTS) is 1. The number of nitrogens with zero attached hydrogens (tertiary/aromatic N) is 2. The van der Waals surface area contributed by atoms with Crippen LogP contribution >= 0.6 is 39.1 Å². The third kappa shape index (κ3) is 3.97. The Morgan fingerprint density at radius 2 is 1.82 bits per heavy atom. The molecule has 0 aliphatic rings. The van der Waals surface area contributed by atoms with Crippen LogP contribution in [0.25, 0.3) is 0 Å². The molecule has 1 unspecified atom stereocenters. The van der Waals surface area contributed by atoms with Gasteiger partial charge in [0.2, 0.25) is 0 Å². The van der Waals surface area contributed by atoms with Crippen molar-refractivity contribution >= 4 is 50.8 Å². The van der Waals surface area contributed by atoms with Crippen molar-refractivity contribution in [3.05, 3.63) is 84.4 Å². The van der Waals surface area contributed by atoms with E-state index in [1.807, 2.05) is 12.1 Å². The summed E-state index contributed by atoms with van der Waals surface area (Å²) in [6, 6.07) is 9.64. The normalized spacial score (nSPS) is 12.0. The second-order valence-corrected chi connectivity index (χ2v) is 7.91. The van der Waals surface area contributed by atoms with Gasteiger partial charge in [-0.15, -0.1) is 0 Å². The average Bonchev–Trinajstić information content (AvgIpc) is 2.94. The number of rotatable bonds is 5. The van der Waals surface area contributed by atoms with Crippen LogP contribution in [0.3, 0.4) is 0 Å². The summed E-state index contributed by atoms with van der Waals surface area (Å²) in [5, 5.41) is 13.6. The maximum Gasteiger partial charge on any atom is 0.337 e. The van der Waals surface area contributed by atoms with Crippen LogP contribution in [0.4, 0.5) is 5.69 Å². The molecule has 2 N–H and O–H groups in total. The Bertz CT molecular complexity index is 1080. The second-order valence-electron chi connectivity index (χ2n) is 6.25. The molecule has 3 aromatic rings. The van der Waals surface area contributed by atoms with Gasteiger partial charge in [-0.1, -0.05) is 35.3 Å². The van der Waals surface area contributed by atoms with E-state index in [9.17, 15) is 14.7 Å². The molecule has 2 heterocycles.